The van der Waals surface area contributed by atoms with Gasteiger partial charge in [-0.2, -0.15) is 5.10 Å². The summed E-state index contributed by atoms with van der Waals surface area (Å²) in [5, 5.41) is 4.84. The molecule has 0 spiro atoms. The molecule has 0 unspecified atom stereocenters. The van der Waals surface area contributed by atoms with Gasteiger partial charge < -0.3 is 4.74 Å². The normalized spacial score (nSPS) is 10.5. The van der Waals surface area contributed by atoms with Gasteiger partial charge in [-0.3, -0.25) is 4.68 Å². The smallest absolute Gasteiger partial charge is 0.337 e. The molecule has 2 rings (SSSR count). The van der Waals surface area contributed by atoms with Crippen LogP contribution in [0.3, 0.4) is 0 Å². The van der Waals surface area contributed by atoms with Crippen LogP contribution in [0.1, 0.15) is 21.6 Å². The molecule has 19 heavy (non-hydrogen) atoms. The highest BCUT2D eigenvalue weighted by atomic mass is 79.9. The molecule has 0 saturated heterocycles. The van der Waals surface area contributed by atoms with Gasteiger partial charge in [-0.1, -0.05) is 33.6 Å². The summed E-state index contributed by atoms with van der Waals surface area (Å²) < 4.78 is 7.32. The first kappa shape index (κ1) is 14.1. The zero-order valence-electron chi connectivity index (χ0n) is 10.5. The van der Waals surface area contributed by atoms with Crippen LogP contribution in [0.25, 0.3) is 0 Å². The Hall–Kier alpha value is -1.33. The molecule has 4 nitrogen and oxygen atoms in total. The van der Waals surface area contributed by atoms with Crippen molar-refractivity contribution in [3.63, 3.8) is 0 Å². The molecule has 0 radical (unpaired) electrons. The number of hydrogen-bond donors (Lipinski definition) is 0. The van der Waals surface area contributed by atoms with Crippen molar-refractivity contribution >= 4 is 33.5 Å². The highest BCUT2D eigenvalue weighted by molar-refractivity contribution is 9.10. The van der Waals surface area contributed by atoms with E-state index in [0.29, 0.717) is 17.1 Å². The van der Waals surface area contributed by atoms with Crippen LogP contribution in [0, 0.1) is 6.92 Å². The van der Waals surface area contributed by atoms with Gasteiger partial charge in [0.2, 0.25) is 0 Å². The zero-order valence-corrected chi connectivity index (χ0v) is 12.8. The van der Waals surface area contributed by atoms with Crippen LogP contribution in [0.15, 0.2) is 28.9 Å². The van der Waals surface area contributed by atoms with Gasteiger partial charge in [0.1, 0.15) is 0 Å². The number of methoxy groups -OCH3 is 1. The Kier molecular flexibility index (Phi) is 4.27. The summed E-state index contributed by atoms with van der Waals surface area (Å²) in [6.45, 7) is 2.49. The van der Waals surface area contributed by atoms with Gasteiger partial charge in [-0.25, -0.2) is 4.79 Å². The van der Waals surface area contributed by atoms with E-state index in [4.69, 9.17) is 11.6 Å². The predicted octanol–water partition coefficient (Wildman–Crippen LogP) is 3.44. The van der Waals surface area contributed by atoms with Crippen LogP contribution >= 0.6 is 27.5 Å². The van der Waals surface area contributed by atoms with Crippen LogP contribution < -0.4 is 0 Å². The summed E-state index contributed by atoms with van der Waals surface area (Å²) in [5.41, 5.74) is 2.43. The minimum absolute atomic E-state index is 0.356. The fraction of sp³-hybridized carbons (Fsp3) is 0.231. The number of rotatable bonds is 3. The molecule has 100 valence electrons. The van der Waals surface area contributed by atoms with Gasteiger partial charge in [0.15, 0.2) is 0 Å². The lowest BCUT2D eigenvalue weighted by Crippen LogP contribution is -2.06. The van der Waals surface area contributed by atoms with E-state index in [0.717, 1.165) is 15.7 Å². The first-order chi connectivity index (χ1) is 9.02. The largest absolute Gasteiger partial charge is 0.465 e. The van der Waals surface area contributed by atoms with Gasteiger partial charge in [0.25, 0.3) is 0 Å². The van der Waals surface area contributed by atoms with Crippen LogP contribution in [0.5, 0.6) is 0 Å². The Bertz CT molecular complexity index is 625. The van der Waals surface area contributed by atoms with E-state index in [9.17, 15) is 4.79 Å². The highest BCUT2D eigenvalue weighted by Crippen LogP contribution is 2.22. The Morgan fingerprint density at radius 1 is 1.53 bits per heavy atom. The van der Waals surface area contributed by atoms with Gasteiger partial charge >= 0.3 is 5.97 Å². The fourth-order valence-corrected chi connectivity index (χ4v) is 2.31. The maximum atomic E-state index is 11.4. The third-order valence-electron chi connectivity index (χ3n) is 2.84. The lowest BCUT2D eigenvalue weighted by molar-refractivity contribution is 0.0600. The van der Waals surface area contributed by atoms with E-state index in [1.165, 1.54) is 7.11 Å². The Morgan fingerprint density at radius 3 is 2.79 bits per heavy atom. The first-order valence-electron chi connectivity index (χ1n) is 5.57. The molecule has 0 fully saturated rings. The van der Waals surface area contributed by atoms with Gasteiger partial charge in [-0.05, 0) is 24.6 Å². The molecule has 0 saturated carbocycles. The molecular weight excluding hydrogens is 332 g/mol. The average Bonchev–Trinajstić information content (AvgIpc) is 2.72. The van der Waals surface area contributed by atoms with Crippen molar-refractivity contribution in [3.8, 4) is 0 Å². The van der Waals surface area contributed by atoms with Crippen molar-refractivity contribution < 1.29 is 9.53 Å². The van der Waals surface area contributed by atoms with E-state index in [1.807, 2.05) is 13.0 Å². The quantitative estimate of drug-likeness (QED) is 0.802. The summed E-state index contributed by atoms with van der Waals surface area (Å²) in [6.07, 6.45) is 1.62. The highest BCUT2D eigenvalue weighted by Gasteiger charge is 2.10. The van der Waals surface area contributed by atoms with Crippen LogP contribution in [-0.2, 0) is 11.3 Å². The molecule has 0 aliphatic heterocycles. The number of benzene rings is 1. The third kappa shape index (κ3) is 2.98. The molecule has 0 N–H and O–H groups in total. The summed E-state index contributed by atoms with van der Waals surface area (Å²) in [6, 6.07) is 5.33. The van der Waals surface area contributed by atoms with E-state index >= 15 is 0 Å². The molecule has 1 heterocycles. The Morgan fingerprint density at radius 2 is 2.26 bits per heavy atom. The molecule has 0 bridgehead atoms. The maximum absolute atomic E-state index is 11.4. The number of carbonyl (C=O) groups excluding carboxylic acids is 1. The summed E-state index contributed by atoms with van der Waals surface area (Å²) in [7, 11) is 1.36. The summed E-state index contributed by atoms with van der Waals surface area (Å²) in [5.74, 6) is -0.356. The second-order valence-corrected chi connectivity index (χ2v) is 5.29. The second-order valence-electron chi connectivity index (χ2n) is 4.03. The number of ether oxygens (including phenoxy) is 1. The van der Waals surface area contributed by atoms with Gasteiger partial charge in [0.05, 0.1) is 36.1 Å². The molecule has 1 aromatic carbocycles. The summed E-state index contributed by atoms with van der Waals surface area (Å²) in [4.78, 5) is 11.4. The molecule has 0 aliphatic carbocycles. The SMILES string of the molecule is COC(=O)c1ccc(Cn2ncc(Cl)c2C)c(Br)c1. The Labute approximate surface area is 124 Å². The van der Waals surface area contributed by atoms with Crippen molar-refractivity contribution in [3.05, 3.63) is 50.7 Å². The Balaban J connectivity index is 2.27. The second kappa shape index (κ2) is 5.75. The minimum Gasteiger partial charge on any atom is -0.465 e. The van der Waals surface area contributed by atoms with E-state index in [1.54, 1.807) is 23.0 Å². The number of nitrogens with zero attached hydrogens (tertiary/aromatic N) is 2. The first-order valence-corrected chi connectivity index (χ1v) is 6.74. The molecule has 0 atom stereocenters. The van der Waals surface area contributed by atoms with Crippen LogP contribution in [-0.4, -0.2) is 22.9 Å². The molecule has 0 aliphatic rings. The lowest BCUT2D eigenvalue weighted by atomic mass is 10.1. The van der Waals surface area contributed by atoms with Gasteiger partial charge in [0, 0.05) is 4.47 Å². The monoisotopic (exact) mass is 342 g/mol. The van der Waals surface area contributed by atoms with E-state index in [-0.39, 0.29) is 5.97 Å². The van der Waals surface area contributed by atoms with Crippen LogP contribution in [0.2, 0.25) is 5.02 Å². The molecule has 0 amide bonds. The molecular formula is C13H12BrClN2O2. The van der Waals surface area contributed by atoms with E-state index in [2.05, 4.69) is 25.8 Å². The van der Waals surface area contributed by atoms with Crippen molar-refractivity contribution in [1.82, 2.24) is 9.78 Å². The average molecular weight is 344 g/mol. The molecule has 2 aromatic rings. The van der Waals surface area contributed by atoms with Crippen LogP contribution in [0.4, 0.5) is 0 Å². The third-order valence-corrected chi connectivity index (χ3v) is 3.95. The standard InChI is InChI=1S/C13H12BrClN2O2/c1-8-12(15)6-16-17(8)7-10-4-3-9(5-11(10)14)13(18)19-2/h3-6H,7H2,1-2H3. The predicted molar refractivity (Wildman–Crippen MR) is 76.6 cm³/mol. The molecule has 1 aromatic heterocycles. The topological polar surface area (TPSA) is 44.1 Å². The minimum atomic E-state index is -0.356. The van der Waals surface area contributed by atoms with Crippen molar-refractivity contribution in [2.24, 2.45) is 0 Å². The number of hydrogen-bond acceptors (Lipinski definition) is 3. The van der Waals surface area contributed by atoms with Crippen molar-refractivity contribution in [1.29, 1.82) is 0 Å². The number of carbonyl (C=O) groups is 1. The lowest BCUT2D eigenvalue weighted by Gasteiger charge is -2.08. The summed E-state index contributed by atoms with van der Waals surface area (Å²) >= 11 is 9.42. The molecule has 6 heteroatoms. The number of esters is 1. The zero-order chi connectivity index (χ0) is 14.0. The van der Waals surface area contributed by atoms with E-state index < -0.39 is 0 Å². The number of aromatic nitrogens is 2. The maximum Gasteiger partial charge on any atom is 0.337 e. The number of halogens is 2. The fourth-order valence-electron chi connectivity index (χ4n) is 1.66. The van der Waals surface area contributed by atoms with Crippen molar-refractivity contribution in [2.45, 2.75) is 13.5 Å². The van der Waals surface area contributed by atoms with Crippen molar-refractivity contribution in [2.75, 3.05) is 7.11 Å². The van der Waals surface area contributed by atoms with Gasteiger partial charge in [-0.15, -0.1) is 0 Å².